The van der Waals surface area contributed by atoms with Crippen LogP contribution in [0.4, 0.5) is 5.69 Å². The number of carbonyl (C=O) groups excluding carboxylic acids is 4. The standard InChI is InChI=1S/C25H23N3O6/c1-4-27-23(30)21(24(31)28(27)18-9-11-19(12-10-18)34-15-29)13-17-14-26(16(2)25(32)33-3)22-8-6-5-7-20(17)22/h5-16H,4H2,1-3H3. The summed E-state index contributed by atoms with van der Waals surface area (Å²) in [6, 6.07) is 13.1. The van der Waals surface area contributed by atoms with Crippen molar-refractivity contribution in [1.29, 1.82) is 0 Å². The van der Waals surface area contributed by atoms with Crippen molar-refractivity contribution >= 4 is 46.9 Å². The lowest BCUT2D eigenvalue weighted by Crippen LogP contribution is -2.40. The van der Waals surface area contributed by atoms with Crippen LogP contribution in [0.25, 0.3) is 17.0 Å². The number of ether oxygens (including phenoxy) is 2. The van der Waals surface area contributed by atoms with Crippen LogP contribution in [0.1, 0.15) is 25.5 Å². The molecule has 0 N–H and O–H groups in total. The fourth-order valence-corrected chi connectivity index (χ4v) is 4.04. The Balaban J connectivity index is 1.77. The molecule has 34 heavy (non-hydrogen) atoms. The molecule has 2 heterocycles. The van der Waals surface area contributed by atoms with Crippen molar-refractivity contribution in [2.45, 2.75) is 19.9 Å². The van der Waals surface area contributed by atoms with Crippen molar-refractivity contribution in [3.05, 3.63) is 65.9 Å². The van der Waals surface area contributed by atoms with Gasteiger partial charge in [0.05, 0.1) is 12.8 Å². The van der Waals surface area contributed by atoms with Gasteiger partial charge in [-0.3, -0.25) is 14.4 Å². The lowest BCUT2D eigenvalue weighted by atomic mass is 10.1. The zero-order valence-corrected chi connectivity index (χ0v) is 18.9. The van der Waals surface area contributed by atoms with Gasteiger partial charge in [0.1, 0.15) is 17.4 Å². The third-order valence-electron chi connectivity index (χ3n) is 5.72. The molecule has 1 aliphatic heterocycles. The van der Waals surface area contributed by atoms with E-state index in [0.717, 1.165) is 10.9 Å². The van der Waals surface area contributed by atoms with Gasteiger partial charge < -0.3 is 14.0 Å². The monoisotopic (exact) mass is 461 g/mol. The molecule has 4 rings (SSSR count). The van der Waals surface area contributed by atoms with Crippen LogP contribution >= 0.6 is 0 Å². The largest absolute Gasteiger partial charge is 0.467 e. The first kappa shape index (κ1) is 22.8. The summed E-state index contributed by atoms with van der Waals surface area (Å²) in [5, 5.41) is 3.44. The molecule has 0 bridgehead atoms. The minimum absolute atomic E-state index is 0.00342. The van der Waals surface area contributed by atoms with Gasteiger partial charge in [-0.05, 0) is 50.3 Å². The molecule has 1 unspecified atom stereocenters. The number of carbonyl (C=O) groups is 4. The highest BCUT2D eigenvalue weighted by Crippen LogP contribution is 2.32. The van der Waals surface area contributed by atoms with E-state index in [2.05, 4.69) is 0 Å². The van der Waals surface area contributed by atoms with Gasteiger partial charge in [-0.1, -0.05) is 18.2 Å². The molecular formula is C25H23N3O6. The van der Waals surface area contributed by atoms with Crippen LogP contribution in [-0.2, 0) is 23.9 Å². The SMILES string of the molecule is CCN1C(=O)C(=Cc2cn(C(C)C(=O)OC)c3ccccc23)C(=O)N1c1ccc(OC=O)cc1. The maximum absolute atomic E-state index is 13.4. The van der Waals surface area contributed by atoms with Crippen molar-refractivity contribution in [2.75, 3.05) is 18.7 Å². The summed E-state index contributed by atoms with van der Waals surface area (Å²) in [6.07, 6.45) is 3.30. The summed E-state index contributed by atoms with van der Waals surface area (Å²) >= 11 is 0. The summed E-state index contributed by atoms with van der Waals surface area (Å²) in [4.78, 5) is 49.2. The molecule has 174 valence electrons. The summed E-state index contributed by atoms with van der Waals surface area (Å²) in [5.74, 6) is -0.992. The van der Waals surface area contributed by atoms with Crippen LogP contribution in [0.2, 0.25) is 0 Å². The topological polar surface area (TPSA) is 98.2 Å². The molecule has 0 aliphatic carbocycles. The summed E-state index contributed by atoms with van der Waals surface area (Å²) < 4.78 is 11.4. The Hall–Kier alpha value is -4.40. The Labute approximate surface area is 195 Å². The normalized spacial score (nSPS) is 15.8. The van der Waals surface area contributed by atoms with Gasteiger partial charge in [0.15, 0.2) is 0 Å². The number of benzene rings is 2. The Morgan fingerprint density at radius 3 is 2.41 bits per heavy atom. The highest BCUT2D eigenvalue weighted by molar-refractivity contribution is 6.31. The van der Waals surface area contributed by atoms with E-state index in [-0.39, 0.29) is 12.1 Å². The van der Waals surface area contributed by atoms with Crippen molar-refractivity contribution < 1.29 is 28.7 Å². The zero-order chi connectivity index (χ0) is 24.4. The lowest BCUT2D eigenvalue weighted by molar-refractivity contribution is -0.144. The third-order valence-corrected chi connectivity index (χ3v) is 5.72. The molecule has 3 aromatic rings. The number of hydrogen-bond donors (Lipinski definition) is 0. The number of hydrogen-bond acceptors (Lipinski definition) is 6. The first-order chi connectivity index (χ1) is 16.4. The van der Waals surface area contributed by atoms with Gasteiger partial charge in [-0.15, -0.1) is 0 Å². The van der Waals surface area contributed by atoms with Crippen molar-refractivity contribution in [2.24, 2.45) is 0 Å². The number of rotatable bonds is 7. The number of methoxy groups -OCH3 is 1. The lowest BCUT2D eigenvalue weighted by Gasteiger charge is -2.26. The van der Waals surface area contributed by atoms with Gasteiger partial charge in [-0.25, -0.2) is 14.8 Å². The minimum atomic E-state index is -0.590. The van der Waals surface area contributed by atoms with Crippen molar-refractivity contribution in [1.82, 2.24) is 9.58 Å². The second-order valence-electron chi connectivity index (χ2n) is 7.61. The van der Waals surface area contributed by atoms with Gasteiger partial charge in [0.2, 0.25) is 0 Å². The Kier molecular flexibility index (Phi) is 6.18. The molecule has 0 saturated carbocycles. The van der Waals surface area contributed by atoms with Crippen LogP contribution in [0.5, 0.6) is 5.75 Å². The van der Waals surface area contributed by atoms with E-state index in [1.54, 1.807) is 55.0 Å². The maximum atomic E-state index is 13.4. The molecule has 1 aliphatic rings. The van der Waals surface area contributed by atoms with Gasteiger partial charge in [0, 0.05) is 29.2 Å². The second kappa shape index (κ2) is 9.22. The van der Waals surface area contributed by atoms with E-state index in [4.69, 9.17) is 9.47 Å². The Bertz CT molecular complexity index is 1310. The molecule has 1 saturated heterocycles. The van der Waals surface area contributed by atoms with E-state index in [1.807, 2.05) is 24.3 Å². The minimum Gasteiger partial charge on any atom is -0.467 e. The molecule has 9 nitrogen and oxygen atoms in total. The average Bonchev–Trinajstić information content (AvgIpc) is 3.34. The highest BCUT2D eigenvalue weighted by atomic mass is 16.5. The van der Waals surface area contributed by atoms with Crippen LogP contribution < -0.4 is 9.75 Å². The van der Waals surface area contributed by atoms with Crippen LogP contribution in [0.3, 0.4) is 0 Å². The van der Waals surface area contributed by atoms with E-state index >= 15 is 0 Å². The third kappa shape index (κ3) is 3.81. The number of esters is 1. The van der Waals surface area contributed by atoms with E-state index in [9.17, 15) is 19.2 Å². The van der Waals surface area contributed by atoms with Crippen molar-refractivity contribution in [3.8, 4) is 5.75 Å². The second-order valence-corrected chi connectivity index (χ2v) is 7.61. The molecule has 1 atom stereocenters. The molecule has 1 aromatic heterocycles. The van der Waals surface area contributed by atoms with Crippen LogP contribution in [-0.4, -0.2) is 47.5 Å². The Morgan fingerprint density at radius 2 is 1.76 bits per heavy atom. The predicted octanol–water partition coefficient (Wildman–Crippen LogP) is 3.10. The van der Waals surface area contributed by atoms with Gasteiger partial charge in [0.25, 0.3) is 18.3 Å². The van der Waals surface area contributed by atoms with E-state index in [0.29, 0.717) is 23.5 Å². The van der Waals surface area contributed by atoms with Gasteiger partial charge in [-0.2, -0.15) is 0 Å². The smallest absolute Gasteiger partial charge is 0.328 e. The van der Waals surface area contributed by atoms with Gasteiger partial charge >= 0.3 is 5.97 Å². The average molecular weight is 461 g/mol. The number of nitrogens with zero attached hydrogens (tertiary/aromatic N) is 3. The number of aromatic nitrogens is 1. The zero-order valence-electron chi connectivity index (χ0n) is 18.9. The molecule has 2 aromatic carbocycles. The quantitative estimate of drug-likeness (QED) is 0.232. The van der Waals surface area contributed by atoms with Crippen LogP contribution in [0.15, 0.2) is 60.3 Å². The summed E-state index contributed by atoms with van der Waals surface area (Å²) in [6.45, 7) is 4.08. The molecular weight excluding hydrogens is 438 g/mol. The van der Waals surface area contributed by atoms with Crippen LogP contribution in [0, 0.1) is 0 Å². The molecule has 2 amide bonds. The fraction of sp³-hybridized carbons (Fsp3) is 0.200. The summed E-state index contributed by atoms with van der Waals surface area (Å²) in [5.41, 5.74) is 1.88. The first-order valence-electron chi connectivity index (χ1n) is 10.7. The highest BCUT2D eigenvalue weighted by Gasteiger charge is 2.41. The summed E-state index contributed by atoms with van der Waals surface area (Å²) in [7, 11) is 1.33. The number of hydrazine groups is 1. The maximum Gasteiger partial charge on any atom is 0.328 e. The number of amides is 2. The number of likely N-dealkylation sites (N-methyl/N-ethyl adjacent to an activating group) is 1. The number of para-hydroxylation sites is 1. The molecule has 1 fully saturated rings. The Morgan fingerprint density at radius 1 is 1.06 bits per heavy atom. The number of anilines is 1. The van der Waals surface area contributed by atoms with E-state index < -0.39 is 23.8 Å². The predicted molar refractivity (Wildman–Crippen MR) is 125 cm³/mol. The van der Waals surface area contributed by atoms with E-state index in [1.165, 1.54) is 17.1 Å². The first-order valence-corrected chi connectivity index (χ1v) is 10.7. The molecule has 9 heteroatoms. The number of fused-ring (bicyclic) bond motifs is 1. The van der Waals surface area contributed by atoms with Crippen molar-refractivity contribution in [3.63, 3.8) is 0 Å². The fourth-order valence-electron chi connectivity index (χ4n) is 4.04. The molecule has 0 radical (unpaired) electrons. The molecule has 0 spiro atoms.